The predicted molar refractivity (Wildman–Crippen MR) is 86.3 cm³/mol. The SMILES string of the molecule is NNC(c1ccc(C2CCC2)cc1)c1cc(F)cc(Br)c1. The first-order valence-electron chi connectivity index (χ1n) is 7.19. The molecular formula is C17H18BrFN2. The summed E-state index contributed by atoms with van der Waals surface area (Å²) in [4.78, 5) is 0. The van der Waals surface area contributed by atoms with Gasteiger partial charge < -0.3 is 0 Å². The van der Waals surface area contributed by atoms with Crippen LogP contribution in [0.25, 0.3) is 0 Å². The molecule has 1 unspecified atom stereocenters. The van der Waals surface area contributed by atoms with Crippen molar-refractivity contribution in [2.45, 2.75) is 31.2 Å². The number of nitrogens with one attached hydrogen (secondary N) is 1. The van der Waals surface area contributed by atoms with Gasteiger partial charge in [-0.15, -0.1) is 0 Å². The third kappa shape index (κ3) is 3.18. The highest BCUT2D eigenvalue weighted by Crippen LogP contribution is 2.36. The molecule has 0 saturated heterocycles. The fraction of sp³-hybridized carbons (Fsp3) is 0.294. The van der Waals surface area contributed by atoms with Crippen molar-refractivity contribution in [3.63, 3.8) is 0 Å². The molecule has 0 aromatic heterocycles. The van der Waals surface area contributed by atoms with Crippen molar-refractivity contribution in [2.24, 2.45) is 5.84 Å². The van der Waals surface area contributed by atoms with Gasteiger partial charge in [0.05, 0.1) is 6.04 Å². The van der Waals surface area contributed by atoms with Gasteiger partial charge in [0.1, 0.15) is 5.82 Å². The summed E-state index contributed by atoms with van der Waals surface area (Å²) in [5.74, 6) is 6.13. The number of hydrazine groups is 1. The van der Waals surface area contributed by atoms with E-state index in [0.717, 1.165) is 11.1 Å². The van der Waals surface area contributed by atoms with Crippen LogP contribution in [0.1, 0.15) is 47.9 Å². The molecular weight excluding hydrogens is 331 g/mol. The molecule has 1 aliphatic rings. The Bertz CT molecular complexity index is 603. The summed E-state index contributed by atoms with van der Waals surface area (Å²) < 4.78 is 14.3. The van der Waals surface area contributed by atoms with Crippen molar-refractivity contribution >= 4 is 15.9 Å². The Balaban J connectivity index is 1.88. The van der Waals surface area contributed by atoms with Crippen molar-refractivity contribution in [3.05, 3.63) is 69.4 Å². The second-order valence-corrected chi connectivity index (χ2v) is 6.51. The van der Waals surface area contributed by atoms with Gasteiger partial charge in [-0.2, -0.15) is 0 Å². The first-order valence-corrected chi connectivity index (χ1v) is 7.98. The zero-order chi connectivity index (χ0) is 14.8. The van der Waals surface area contributed by atoms with Crippen LogP contribution in [0.2, 0.25) is 0 Å². The minimum Gasteiger partial charge on any atom is -0.271 e. The second kappa shape index (κ2) is 6.26. The van der Waals surface area contributed by atoms with Crippen LogP contribution in [0.15, 0.2) is 46.9 Å². The Hall–Kier alpha value is -1.23. The highest BCUT2D eigenvalue weighted by Gasteiger charge is 2.20. The van der Waals surface area contributed by atoms with Crippen LogP contribution in [-0.2, 0) is 0 Å². The molecule has 1 aliphatic carbocycles. The van der Waals surface area contributed by atoms with Gasteiger partial charge in [-0.1, -0.05) is 46.6 Å². The largest absolute Gasteiger partial charge is 0.271 e. The number of benzene rings is 2. The van der Waals surface area contributed by atoms with E-state index in [0.29, 0.717) is 10.4 Å². The van der Waals surface area contributed by atoms with E-state index in [4.69, 9.17) is 5.84 Å². The van der Waals surface area contributed by atoms with Gasteiger partial charge >= 0.3 is 0 Å². The van der Waals surface area contributed by atoms with Crippen molar-refractivity contribution < 1.29 is 4.39 Å². The van der Waals surface area contributed by atoms with Gasteiger partial charge in [0.15, 0.2) is 0 Å². The Labute approximate surface area is 132 Å². The molecule has 2 aromatic carbocycles. The zero-order valence-corrected chi connectivity index (χ0v) is 13.2. The van der Waals surface area contributed by atoms with Crippen LogP contribution in [-0.4, -0.2) is 0 Å². The monoisotopic (exact) mass is 348 g/mol. The van der Waals surface area contributed by atoms with Gasteiger partial charge in [0.25, 0.3) is 0 Å². The summed E-state index contributed by atoms with van der Waals surface area (Å²) in [7, 11) is 0. The molecule has 0 spiro atoms. The lowest BCUT2D eigenvalue weighted by Gasteiger charge is -2.26. The number of halogens is 2. The highest BCUT2D eigenvalue weighted by atomic mass is 79.9. The van der Waals surface area contributed by atoms with Crippen LogP contribution >= 0.6 is 15.9 Å². The average Bonchev–Trinajstić information content (AvgIpc) is 2.38. The van der Waals surface area contributed by atoms with Crippen molar-refractivity contribution in [1.29, 1.82) is 0 Å². The van der Waals surface area contributed by atoms with Crippen LogP contribution in [0.4, 0.5) is 4.39 Å². The summed E-state index contributed by atoms with van der Waals surface area (Å²) in [6.07, 6.45) is 3.90. The van der Waals surface area contributed by atoms with Gasteiger partial charge in [-0.25, -0.2) is 9.82 Å². The molecule has 0 heterocycles. The Morgan fingerprint density at radius 2 is 1.81 bits per heavy atom. The summed E-state index contributed by atoms with van der Waals surface area (Å²) in [5.41, 5.74) is 6.01. The third-order valence-corrected chi connectivity index (χ3v) is 4.69. The Morgan fingerprint density at radius 3 is 2.33 bits per heavy atom. The van der Waals surface area contributed by atoms with Gasteiger partial charge in [0.2, 0.25) is 0 Å². The third-order valence-electron chi connectivity index (χ3n) is 4.23. The molecule has 1 atom stereocenters. The van der Waals surface area contributed by atoms with E-state index in [9.17, 15) is 4.39 Å². The highest BCUT2D eigenvalue weighted by molar-refractivity contribution is 9.10. The van der Waals surface area contributed by atoms with Gasteiger partial charge in [0, 0.05) is 4.47 Å². The van der Waals surface area contributed by atoms with E-state index in [1.807, 2.05) is 6.07 Å². The molecule has 0 aliphatic heterocycles. The van der Waals surface area contributed by atoms with Crippen LogP contribution in [0, 0.1) is 5.82 Å². The lowest BCUT2D eigenvalue weighted by molar-refractivity contribution is 0.419. The standard InChI is InChI=1S/C17H18BrFN2/c18-15-8-14(9-16(19)10-15)17(21-20)13-6-4-12(5-7-13)11-2-1-3-11/h4-11,17,21H,1-3,20H2. The van der Waals surface area contributed by atoms with E-state index < -0.39 is 0 Å². The fourth-order valence-electron chi connectivity index (χ4n) is 2.83. The van der Waals surface area contributed by atoms with Crippen molar-refractivity contribution in [2.75, 3.05) is 0 Å². The number of rotatable bonds is 4. The summed E-state index contributed by atoms with van der Waals surface area (Å²) in [6.45, 7) is 0. The molecule has 21 heavy (non-hydrogen) atoms. The normalized spacial score (nSPS) is 16.5. The van der Waals surface area contributed by atoms with Crippen LogP contribution < -0.4 is 11.3 Å². The lowest BCUT2D eigenvalue weighted by atomic mass is 9.79. The Morgan fingerprint density at radius 1 is 1.10 bits per heavy atom. The van der Waals surface area contributed by atoms with E-state index in [1.54, 1.807) is 0 Å². The molecule has 3 N–H and O–H groups in total. The maximum atomic E-state index is 13.6. The van der Waals surface area contributed by atoms with E-state index >= 15 is 0 Å². The molecule has 0 bridgehead atoms. The van der Waals surface area contributed by atoms with Crippen LogP contribution in [0.3, 0.4) is 0 Å². The molecule has 3 rings (SSSR count). The van der Waals surface area contributed by atoms with Crippen LogP contribution in [0.5, 0.6) is 0 Å². The minimum absolute atomic E-state index is 0.215. The Kier molecular flexibility index (Phi) is 4.38. The topological polar surface area (TPSA) is 38.0 Å². The zero-order valence-electron chi connectivity index (χ0n) is 11.7. The summed E-state index contributed by atoms with van der Waals surface area (Å²) in [6, 6.07) is 13.1. The molecule has 2 nitrogen and oxygen atoms in total. The van der Waals surface area contributed by atoms with Gasteiger partial charge in [-0.3, -0.25) is 5.84 Å². The molecule has 1 fully saturated rings. The average molecular weight is 349 g/mol. The van der Waals surface area contributed by atoms with Gasteiger partial charge in [-0.05, 0) is 53.6 Å². The summed E-state index contributed by atoms with van der Waals surface area (Å²) in [5, 5.41) is 0. The number of hydrogen-bond donors (Lipinski definition) is 2. The number of hydrogen-bond acceptors (Lipinski definition) is 2. The second-order valence-electron chi connectivity index (χ2n) is 5.60. The molecule has 0 amide bonds. The van der Waals surface area contributed by atoms with E-state index in [2.05, 4.69) is 45.6 Å². The molecule has 0 radical (unpaired) electrons. The molecule has 1 saturated carbocycles. The quantitative estimate of drug-likeness (QED) is 0.634. The minimum atomic E-state index is -0.272. The molecule has 4 heteroatoms. The first-order chi connectivity index (χ1) is 10.2. The van der Waals surface area contributed by atoms with E-state index in [-0.39, 0.29) is 11.9 Å². The summed E-state index contributed by atoms with van der Waals surface area (Å²) >= 11 is 3.32. The maximum Gasteiger partial charge on any atom is 0.124 e. The lowest BCUT2D eigenvalue weighted by Crippen LogP contribution is -2.29. The van der Waals surface area contributed by atoms with E-state index in [1.165, 1.54) is 37.0 Å². The predicted octanol–water partition coefficient (Wildman–Crippen LogP) is 4.41. The maximum absolute atomic E-state index is 13.6. The smallest absolute Gasteiger partial charge is 0.124 e. The van der Waals surface area contributed by atoms with Crippen molar-refractivity contribution in [1.82, 2.24) is 5.43 Å². The number of nitrogens with two attached hydrogens (primary N) is 1. The molecule has 2 aromatic rings. The fourth-order valence-corrected chi connectivity index (χ4v) is 3.31. The first kappa shape index (κ1) is 14.7. The molecule has 110 valence electrons. The van der Waals surface area contributed by atoms with Crippen molar-refractivity contribution in [3.8, 4) is 0 Å².